The number of nitrogens with zero attached hydrogens (tertiary/aromatic N) is 2. The van der Waals surface area contributed by atoms with E-state index in [1.807, 2.05) is 140 Å². The van der Waals surface area contributed by atoms with Gasteiger partial charge >= 0.3 is 0 Å². The predicted octanol–water partition coefficient (Wildman–Crippen LogP) is 10.0. The van der Waals surface area contributed by atoms with Gasteiger partial charge in [0.1, 0.15) is 0 Å². The highest BCUT2D eigenvalue weighted by atomic mass is 16.2. The van der Waals surface area contributed by atoms with Crippen LogP contribution in [0, 0.1) is 0 Å². The summed E-state index contributed by atoms with van der Waals surface area (Å²) < 4.78 is 1.81. The van der Waals surface area contributed by atoms with Crippen LogP contribution in [-0.4, -0.2) is 16.5 Å². The molecule has 2 amide bonds. The zero-order valence-electron chi connectivity index (χ0n) is 25.1. The smallest absolute Gasteiger partial charge is 0.267 e. The maximum Gasteiger partial charge on any atom is 0.281 e. The summed E-state index contributed by atoms with van der Waals surface area (Å²) in [6.45, 7) is 16.0. The molecule has 5 aromatic rings. The van der Waals surface area contributed by atoms with Crippen molar-refractivity contribution in [1.82, 2.24) is 4.68 Å². The Balaban J connectivity index is 0.000000646. The molecule has 1 aliphatic heterocycles. The number of carbonyl (C=O) groups is 2. The highest BCUT2D eigenvalue weighted by molar-refractivity contribution is 6.31. The number of carbonyl (C=O) groups excluding carboxylic acids is 2. The van der Waals surface area contributed by atoms with Crippen molar-refractivity contribution in [2.75, 3.05) is 5.01 Å². The van der Waals surface area contributed by atoms with Crippen molar-refractivity contribution >= 4 is 22.6 Å². The molecule has 4 heteroatoms. The lowest BCUT2D eigenvalue weighted by Gasteiger charge is -2.22. The van der Waals surface area contributed by atoms with E-state index < -0.39 is 0 Å². The number of hydrogen-bond donors (Lipinski definition) is 0. The van der Waals surface area contributed by atoms with Gasteiger partial charge in [-0.3, -0.25) is 9.59 Å². The van der Waals surface area contributed by atoms with Crippen LogP contribution in [0.2, 0.25) is 0 Å². The lowest BCUT2D eigenvalue weighted by molar-refractivity contribution is 0.0888. The molecule has 40 heavy (non-hydrogen) atoms. The van der Waals surface area contributed by atoms with Crippen LogP contribution in [0.4, 0.5) is 0 Å². The maximum absolute atomic E-state index is 13.5. The third-order valence-electron chi connectivity index (χ3n) is 5.93. The fourth-order valence-corrected chi connectivity index (χ4v) is 4.54. The molecule has 0 atom stereocenters. The van der Waals surface area contributed by atoms with Crippen molar-refractivity contribution in [1.29, 1.82) is 0 Å². The van der Waals surface area contributed by atoms with Gasteiger partial charge < -0.3 is 0 Å². The second-order valence-corrected chi connectivity index (χ2v) is 7.75. The first-order valence-corrected chi connectivity index (χ1v) is 14.5. The molecule has 1 aliphatic rings. The molecule has 0 spiro atoms. The summed E-state index contributed by atoms with van der Waals surface area (Å²) in [5.41, 5.74) is 4.34. The molecule has 0 N–H and O–H groups in total. The minimum atomic E-state index is -0.319. The average Bonchev–Trinajstić information content (AvgIpc) is 3.52. The van der Waals surface area contributed by atoms with E-state index in [0.717, 1.165) is 33.3 Å². The molecular weight excluding hydrogens is 492 g/mol. The van der Waals surface area contributed by atoms with Crippen molar-refractivity contribution in [3.63, 3.8) is 0 Å². The van der Waals surface area contributed by atoms with Gasteiger partial charge in [-0.15, -0.1) is 0 Å². The van der Waals surface area contributed by atoms with Gasteiger partial charge in [0.05, 0.1) is 22.5 Å². The van der Waals surface area contributed by atoms with Crippen LogP contribution in [0.1, 0.15) is 76.1 Å². The van der Waals surface area contributed by atoms with Crippen molar-refractivity contribution in [2.45, 2.75) is 55.4 Å². The van der Waals surface area contributed by atoms with E-state index in [9.17, 15) is 9.59 Å². The minimum absolute atomic E-state index is 0.319. The summed E-state index contributed by atoms with van der Waals surface area (Å²) in [5.74, 6) is -0.638. The summed E-state index contributed by atoms with van der Waals surface area (Å²) >= 11 is 0. The van der Waals surface area contributed by atoms with Crippen LogP contribution in [0.15, 0.2) is 109 Å². The van der Waals surface area contributed by atoms with E-state index in [0.29, 0.717) is 11.1 Å². The minimum Gasteiger partial charge on any atom is -0.267 e. The van der Waals surface area contributed by atoms with Crippen LogP contribution >= 0.6 is 0 Å². The number of hydrogen-bond acceptors (Lipinski definition) is 2. The fourth-order valence-electron chi connectivity index (χ4n) is 4.54. The Morgan fingerprint density at radius 1 is 0.400 bits per heavy atom. The summed E-state index contributed by atoms with van der Waals surface area (Å²) in [7, 11) is 0. The monoisotopic (exact) mass is 534 g/mol. The Labute approximate surface area is 239 Å². The van der Waals surface area contributed by atoms with Gasteiger partial charge in [-0.1, -0.05) is 152 Å². The van der Waals surface area contributed by atoms with Crippen molar-refractivity contribution in [3.8, 4) is 22.5 Å². The lowest BCUT2D eigenvalue weighted by Crippen LogP contribution is -2.40. The SMILES string of the molecule is CC.CC.CC.CC.O=C1c2ccccc2C(=O)N1n1c(-c2ccccc2)c2ccccc2c1-c1ccccc1. The van der Waals surface area contributed by atoms with Gasteiger partial charge in [-0.2, -0.15) is 5.01 Å². The molecule has 0 bridgehead atoms. The molecule has 0 saturated heterocycles. The second-order valence-electron chi connectivity index (χ2n) is 7.75. The second kappa shape index (κ2) is 15.8. The Morgan fingerprint density at radius 3 is 1.05 bits per heavy atom. The summed E-state index contributed by atoms with van der Waals surface area (Å²) in [6.07, 6.45) is 0. The number of aromatic nitrogens is 1. The standard InChI is InChI=1S/C28H18N2O2.4C2H6/c31-27-23-17-9-10-18-24(23)28(32)30(27)29-25(19-11-3-1-4-12-19)21-15-7-8-16-22(21)26(29)20-13-5-2-6-14-20;4*1-2/h1-18H;4*1-2H3. The third-order valence-corrected chi connectivity index (χ3v) is 5.93. The van der Waals surface area contributed by atoms with Crippen molar-refractivity contribution in [3.05, 3.63) is 120 Å². The molecular formula is C36H42N2O2. The Bertz CT molecular complexity index is 1390. The fraction of sp³-hybridized carbons (Fsp3) is 0.222. The first-order chi connectivity index (χ1) is 19.8. The highest BCUT2D eigenvalue weighted by Crippen LogP contribution is 2.41. The van der Waals surface area contributed by atoms with E-state index in [4.69, 9.17) is 0 Å². The van der Waals surface area contributed by atoms with Gasteiger partial charge in [0.2, 0.25) is 0 Å². The number of fused-ring (bicyclic) bond motifs is 2. The zero-order valence-corrected chi connectivity index (χ0v) is 25.1. The van der Waals surface area contributed by atoms with Crippen LogP contribution in [0.25, 0.3) is 33.3 Å². The third kappa shape index (κ3) is 5.91. The normalized spacial score (nSPS) is 11.1. The zero-order chi connectivity index (χ0) is 29.7. The van der Waals surface area contributed by atoms with Crippen molar-refractivity contribution in [2.24, 2.45) is 0 Å². The van der Waals surface area contributed by atoms with E-state index in [1.54, 1.807) is 28.9 Å². The lowest BCUT2D eigenvalue weighted by atomic mass is 10.0. The van der Waals surface area contributed by atoms with E-state index in [1.165, 1.54) is 5.01 Å². The molecule has 0 saturated carbocycles. The Kier molecular flexibility index (Phi) is 12.6. The molecule has 0 fully saturated rings. The van der Waals surface area contributed by atoms with Gasteiger partial charge in [-0.05, 0) is 12.1 Å². The van der Waals surface area contributed by atoms with E-state index in [-0.39, 0.29) is 11.8 Å². The average molecular weight is 535 g/mol. The molecule has 4 nitrogen and oxygen atoms in total. The van der Waals surface area contributed by atoms with Gasteiger partial charge in [-0.25, -0.2) is 4.68 Å². The first-order valence-electron chi connectivity index (χ1n) is 14.5. The Hall–Kier alpha value is -4.44. The van der Waals surface area contributed by atoms with E-state index in [2.05, 4.69) is 0 Å². The molecule has 208 valence electrons. The molecule has 6 rings (SSSR count). The maximum atomic E-state index is 13.5. The van der Waals surface area contributed by atoms with Gasteiger partial charge in [0.25, 0.3) is 11.8 Å². The molecule has 4 aromatic carbocycles. The summed E-state index contributed by atoms with van der Waals surface area (Å²) in [5, 5.41) is 3.25. The number of imide groups is 1. The predicted molar refractivity (Wildman–Crippen MR) is 172 cm³/mol. The molecule has 1 aromatic heterocycles. The van der Waals surface area contributed by atoms with Crippen LogP contribution in [0.5, 0.6) is 0 Å². The van der Waals surface area contributed by atoms with Gasteiger partial charge in [0.15, 0.2) is 0 Å². The van der Waals surface area contributed by atoms with Gasteiger partial charge in [0, 0.05) is 21.9 Å². The molecule has 0 unspecified atom stereocenters. The molecule has 0 radical (unpaired) electrons. The first kappa shape index (κ1) is 31.8. The summed E-state index contributed by atoms with van der Waals surface area (Å²) in [6, 6.07) is 34.8. The quantitative estimate of drug-likeness (QED) is 0.216. The topological polar surface area (TPSA) is 42.3 Å². The van der Waals surface area contributed by atoms with Crippen LogP contribution in [0.3, 0.4) is 0 Å². The largest absolute Gasteiger partial charge is 0.281 e. The number of rotatable bonds is 3. The summed E-state index contributed by atoms with van der Waals surface area (Å²) in [4.78, 5) is 27.1. The highest BCUT2D eigenvalue weighted by Gasteiger charge is 2.39. The molecule has 0 aliphatic carbocycles. The number of amides is 2. The van der Waals surface area contributed by atoms with Crippen LogP contribution < -0.4 is 5.01 Å². The Morgan fingerprint density at radius 2 is 0.700 bits per heavy atom. The number of benzene rings is 4. The van der Waals surface area contributed by atoms with Crippen molar-refractivity contribution < 1.29 is 9.59 Å². The van der Waals surface area contributed by atoms with E-state index >= 15 is 0 Å². The van der Waals surface area contributed by atoms with Crippen LogP contribution in [-0.2, 0) is 0 Å². The molecule has 2 heterocycles.